The molecule has 0 aromatic rings. The summed E-state index contributed by atoms with van der Waals surface area (Å²) in [6.07, 6.45) is 8.48. The van der Waals surface area contributed by atoms with Crippen molar-refractivity contribution in [2.75, 3.05) is 13.6 Å². The quantitative estimate of drug-likeness (QED) is 0.489. The van der Waals surface area contributed by atoms with Gasteiger partial charge in [0.1, 0.15) is 0 Å². The van der Waals surface area contributed by atoms with Crippen molar-refractivity contribution in [1.82, 2.24) is 4.90 Å². The highest BCUT2D eigenvalue weighted by atomic mass is 15.1. The second kappa shape index (κ2) is 9.94. The van der Waals surface area contributed by atoms with Gasteiger partial charge in [-0.15, -0.1) is 0 Å². The number of hydrogen-bond acceptors (Lipinski definition) is 1. The van der Waals surface area contributed by atoms with Gasteiger partial charge in [0.15, 0.2) is 0 Å². The van der Waals surface area contributed by atoms with Crippen LogP contribution in [0.1, 0.15) is 73.1 Å². The maximum Gasteiger partial charge on any atom is 0.00355 e. The van der Waals surface area contributed by atoms with E-state index in [1.165, 1.54) is 45.1 Å². The molecule has 0 rings (SSSR count). The van der Waals surface area contributed by atoms with E-state index in [0.717, 1.165) is 11.8 Å². The Labute approximate surface area is 110 Å². The van der Waals surface area contributed by atoms with Crippen LogP contribution in [0.25, 0.3) is 0 Å². The van der Waals surface area contributed by atoms with Gasteiger partial charge in [-0.25, -0.2) is 0 Å². The number of nitrogens with zero attached hydrogens (tertiary/aromatic N) is 1. The molecule has 0 N–H and O–H groups in total. The normalized spacial score (nSPS) is 13.9. The monoisotopic (exact) mass is 241 g/mol. The maximum absolute atomic E-state index is 2.45. The zero-order chi connectivity index (χ0) is 13.3. The third-order valence-electron chi connectivity index (χ3n) is 3.83. The minimum atomic E-state index is 0.688. The SMILES string of the molecule is CC(C)CCCCCC(C)CCN(C)C(C)C. The molecule has 0 heterocycles. The Morgan fingerprint density at radius 1 is 0.765 bits per heavy atom. The molecule has 104 valence electrons. The average Bonchev–Trinajstić information content (AvgIpc) is 2.24. The first-order valence-corrected chi connectivity index (χ1v) is 7.63. The molecule has 0 bridgehead atoms. The second-order valence-corrected chi connectivity index (χ2v) is 6.50. The van der Waals surface area contributed by atoms with E-state index in [1.54, 1.807) is 0 Å². The van der Waals surface area contributed by atoms with Crippen LogP contribution in [0.5, 0.6) is 0 Å². The summed E-state index contributed by atoms with van der Waals surface area (Å²) in [5, 5.41) is 0. The van der Waals surface area contributed by atoms with Crippen LogP contribution >= 0.6 is 0 Å². The molecule has 0 aliphatic heterocycles. The van der Waals surface area contributed by atoms with E-state index in [2.05, 4.69) is 46.6 Å². The van der Waals surface area contributed by atoms with Gasteiger partial charge in [0.05, 0.1) is 0 Å². The first kappa shape index (κ1) is 17.0. The van der Waals surface area contributed by atoms with Gasteiger partial charge < -0.3 is 4.90 Å². The molecule has 0 amide bonds. The van der Waals surface area contributed by atoms with Gasteiger partial charge in [-0.2, -0.15) is 0 Å². The van der Waals surface area contributed by atoms with Crippen LogP contribution in [0.3, 0.4) is 0 Å². The fraction of sp³-hybridized carbons (Fsp3) is 1.00. The lowest BCUT2D eigenvalue weighted by molar-refractivity contribution is 0.250. The average molecular weight is 241 g/mol. The van der Waals surface area contributed by atoms with Gasteiger partial charge in [-0.3, -0.25) is 0 Å². The van der Waals surface area contributed by atoms with Crippen molar-refractivity contribution in [3.8, 4) is 0 Å². The molecule has 0 aliphatic rings. The van der Waals surface area contributed by atoms with Crippen LogP contribution in [0.4, 0.5) is 0 Å². The van der Waals surface area contributed by atoms with Gasteiger partial charge in [-0.05, 0) is 45.7 Å². The fourth-order valence-corrected chi connectivity index (χ4v) is 2.05. The molecular formula is C16H35N. The Balaban J connectivity index is 3.37. The predicted octanol–water partition coefficient (Wildman–Crippen LogP) is 4.96. The summed E-state index contributed by atoms with van der Waals surface area (Å²) in [5.41, 5.74) is 0. The molecule has 17 heavy (non-hydrogen) atoms. The molecule has 0 aliphatic carbocycles. The summed E-state index contributed by atoms with van der Waals surface area (Å²) in [4.78, 5) is 2.45. The van der Waals surface area contributed by atoms with E-state index < -0.39 is 0 Å². The number of hydrogen-bond donors (Lipinski definition) is 0. The smallest absolute Gasteiger partial charge is 0.00355 e. The van der Waals surface area contributed by atoms with Crippen LogP contribution in [0.2, 0.25) is 0 Å². The Morgan fingerprint density at radius 2 is 1.35 bits per heavy atom. The van der Waals surface area contributed by atoms with E-state index >= 15 is 0 Å². The topological polar surface area (TPSA) is 3.24 Å². The molecule has 1 atom stereocenters. The van der Waals surface area contributed by atoms with Crippen molar-refractivity contribution < 1.29 is 0 Å². The summed E-state index contributed by atoms with van der Waals surface area (Å²) in [6.45, 7) is 12.9. The molecule has 0 saturated heterocycles. The van der Waals surface area contributed by atoms with Crippen molar-refractivity contribution in [2.45, 2.75) is 79.2 Å². The van der Waals surface area contributed by atoms with Gasteiger partial charge in [0.2, 0.25) is 0 Å². The highest BCUT2D eigenvalue weighted by Crippen LogP contribution is 2.16. The molecule has 0 aromatic carbocycles. The molecule has 1 heteroatoms. The molecule has 0 fully saturated rings. The molecule has 0 spiro atoms. The van der Waals surface area contributed by atoms with Crippen LogP contribution in [0, 0.1) is 11.8 Å². The van der Waals surface area contributed by atoms with Crippen molar-refractivity contribution in [2.24, 2.45) is 11.8 Å². The minimum Gasteiger partial charge on any atom is -0.304 e. The molecular weight excluding hydrogens is 206 g/mol. The van der Waals surface area contributed by atoms with Gasteiger partial charge in [0, 0.05) is 6.04 Å². The first-order chi connectivity index (χ1) is 7.93. The van der Waals surface area contributed by atoms with Crippen molar-refractivity contribution in [3.63, 3.8) is 0 Å². The largest absolute Gasteiger partial charge is 0.304 e. The van der Waals surface area contributed by atoms with Crippen molar-refractivity contribution >= 4 is 0 Å². The maximum atomic E-state index is 2.45. The fourth-order valence-electron chi connectivity index (χ4n) is 2.05. The van der Waals surface area contributed by atoms with E-state index in [4.69, 9.17) is 0 Å². The Morgan fingerprint density at radius 3 is 1.88 bits per heavy atom. The Bertz CT molecular complexity index is 163. The first-order valence-electron chi connectivity index (χ1n) is 7.63. The van der Waals surface area contributed by atoms with E-state index in [1.807, 2.05) is 0 Å². The zero-order valence-corrected chi connectivity index (χ0v) is 13.1. The van der Waals surface area contributed by atoms with Crippen LogP contribution < -0.4 is 0 Å². The molecule has 0 saturated carbocycles. The number of rotatable bonds is 10. The molecule has 1 nitrogen and oxygen atoms in total. The lowest BCUT2D eigenvalue weighted by atomic mass is 9.97. The molecule has 0 radical (unpaired) electrons. The summed E-state index contributed by atoms with van der Waals surface area (Å²) in [5.74, 6) is 1.78. The van der Waals surface area contributed by atoms with Gasteiger partial charge >= 0.3 is 0 Å². The Hall–Kier alpha value is -0.0400. The zero-order valence-electron chi connectivity index (χ0n) is 13.1. The van der Waals surface area contributed by atoms with Crippen LogP contribution in [0.15, 0.2) is 0 Å². The number of unbranched alkanes of at least 4 members (excludes halogenated alkanes) is 2. The summed E-state index contributed by atoms with van der Waals surface area (Å²) in [7, 11) is 2.24. The highest BCUT2D eigenvalue weighted by molar-refractivity contribution is 4.61. The summed E-state index contributed by atoms with van der Waals surface area (Å²) in [6, 6.07) is 0.688. The van der Waals surface area contributed by atoms with E-state index in [-0.39, 0.29) is 0 Å². The van der Waals surface area contributed by atoms with Crippen LogP contribution in [-0.2, 0) is 0 Å². The molecule has 0 aromatic heterocycles. The summed E-state index contributed by atoms with van der Waals surface area (Å²) < 4.78 is 0. The summed E-state index contributed by atoms with van der Waals surface area (Å²) >= 11 is 0. The van der Waals surface area contributed by atoms with E-state index in [0.29, 0.717) is 6.04 Å². The third-order valence-corrected chi connectivity index (χ3v) is 3.83. The lowest BCUT2D eigenvalue weighted by Gasteiger charge is -2.22. The minimum absolute atomic E-state index is 0.688. The molecule has 1 unspecified atom stereocenters. The lowest BCUT2D eigenvalue weighted by Crippen LogP contribution is -2.28. The van der Waals surface area contributed by atoms with E-state index in [9.17, 15) is 0 Å². The van der Waals surface area contributed by atoms with Gasteiger partial charge in [-0.1, -0.05) is 52.9 Å². The standard InChI is InChI=1S/C16H35N/c1-14(2)10-8-7-9-11-16(5)12-13-17(6)15(3)4/h14-16H,7-13H2,1-6H3. The highest BCUT2D eigenvalue weighted by Gasteiger charge is 2.07. The van der Waals surface area contributed by atoms with Gasteiger partial charge in [0.25, 0.3) is 0 Å². The predicted molar refractivity (Wildman–Crippen MR) is 79.5 cm³/mol. The van der Waals surface area contributed by atoms with Crippen molar-refractivity contribution in [1.29, 1.82) is 0 Å². The Kier molecular flexibility index (Phi) is 9.91. The van der Waals surface area contributed by atoms with Crippen molar-refractivity contribution in [3.05, 3.63) is 0 Å². The second-order valence-electron chi connectivity index (χ2n) is 6.50. The third kappa shape index (κ3) is 10.8. The van der Waals surface area contributed by atoms with Crippen LogP contribution in [-0.4, -0.2) is 24.5 Å².